The van der Waals surface area contributed by atoms with Gasteiger partial charge in [0.25, 0.3) is 0 Å². The number of benzene rings is 1. The molecule has 1 aromatic carbocycles. The van der Waals surface area contributed by atoms with Gasteiger partial charge in [-0.2, -0.15) is 0 Å². The lowest BCUT2D eigenvalue weighted by atomic mass is 10.1. The number of aliphatic hydroxyl groups is 2. The van der Waals surface area contributed by atoms with Crippen LogP contribution in [0.5, 0.6) is 5.75 Å². The van der Waals surface area contributed by atoms with Crippen LogP contribution in [0.3, 0.4) is 0 Å². The minimum atomic E-state index is -0.605. The average Bonchev–Trinajstić information content (AvgIpc) is 2.42. The number of amides is 1. The van der Waals surface area contributed by atoms with Gasteiger partial charge >= 0.3 is 0 Å². The van der Waals surface area contributed by atoms with Crippen molar-refractivity contribution in [1.29, 1.82) is 0 Å². The first kappa shape index (κ1) is 15.8. The summed E-state index contributed by atoms with van der Waals surface area (Å²) in [4.78, 5) is 11.6. The second-order valence-electron chi connectivity index (χ2n) is 4.10. The molecule has 0 fully saturated rings. The summed E-state index contributed by atoms with van der Waals surface area (Å²) in [5.74, 6) is 0.371. The van der Waals surface area contributed by atoms with Crippen molar-refractivity contribution in [2.45, 2.75) is 18.9 Å². The Kier molecular flexibility index (Phi) is 6.62. The molecule has 0 aliphatic carbocycles. The summed E-state index contributed by atoms with van der Waals surface area (Å²) in [6.45, 7) is -0.562. The van der Waals surface area contributed by atoms with E-state index in [1.54, 1.807) is 12.1 Å². The van der Waals surface area contributed by atoms with Crippen molar-refractivity contribution in [2.75, 3.05) is 20.3 Å². The summed E-state index contributed by atoms with van der Waals surface area (Å²) in [7, 11) is 1.54. The van der Waals surface area contributed by atoms with Crippen LogP contribution in [-0.2, 0) is 11.2 Å². The molecule has 6 heteroatoms. The minimum Gasteiger partial charge on any atom is -0.495 e. The normalized spacial score (nSPS) is 10.6. The van der Waals surface area contributed by atoms with Crippen LogP contribution in [0.4, 0.5) is 0 Å². The molecule has 0 aromatic heterocycles. The number of halogens is 1. The number of ether oxygens (including phenoxy) is 1. The molecular formula is C13H18ClNO4. The number of aliphatic hydroxyl groups excluding tert-OH is 2. The molecule has 0 aliphatic heterocycles. The zero-order valence-corrected chi connectivity index (χ0v) is 11.5. The van der Waals surface area contributed by atoms with E-state index in [9.17, 15) is 4.79 Å². The molecule has 0 radical (unpaired) electrons. The van der Waals surface area contributed by atoms with E-state index >= 15 is 0 Å². The highest BCUT2D eigenvalue weighted by Crippen LogP contribution is 2.25. The second kappa shape index (κ2) is 7.99. The van der Waals surface area contributed by atoms with Crippen LogP contribution in [0, 0.1) is 0 Å². The number of hydrogen-bond donors (Lipinski definition) is 3. The van der Waals surface area contributed by atoms with Gasteiger partial charge in [0, 0.05) is 6.42 Å². The number of nitrogens with one attached hydrogen (secondary N) is 1. The van der Waals surface area contributed by atoms with E-state index in [0.717, 1.165) is 5.56 Å². The van der Waals surface area contributed by atoms with Gasteiger partial charge in [-0.25, -0.2) is 0 Å². The van der Waals surface area contributed by atoms with Crippen LogP contribution < -0.4 is 10.1 Å². The Hall–Kier alpha value is -1.30. The third kappa shape index (κ3) is 5.06. The van der Waals surface area contributed by atoms with Crippen LogP contribution >= 0.6 is 11.6 Å². The van der Waals surface area contributed by atoms with Crippen molar-refractivity contribution in [3.63, 3.8) is 0 Å². The molecular weight excluding hydrogens is 270 g/mol. The highest BCUT2D eigenvalue weighted by atomic mass is 35.5. The molecule has 0 bridgehead atoms. The Balaban J connectivity index is 2.48. The Morgan fingerprint density at radius 1 is 1.42 bits per heavy atom. The van der Waals surface area contributed by atoms with Gasteiger partial charge in [0.15, 0.2) is 0 Å². The SMILES string of the molecule is COc1ccc(CCC(=O)NC(CO)CO)cc1Cl. The molecule has 3 N–H and O–H groups in total. The van der Waals surface area contributed by atoms with Gasteiger partial charge in [-0.3, -0.25) is 4.79 Å². The molecule has 1 amide bonds. The molecule has 0 spiro atoms. The van der Waals surface area contributed by atoms with Crippen molar-refractivity contribution >= 4 is 17.5 Å². The molecule has 0 atom stereocenters. The Morgan fingerprint density at radius 3 is 2.63 bits per heavy atom. The van der Waals surface area contributed by atoms with E-state index in [1.165, 1.54) is 7.11 Å². The smallest absolute Gasteiger partial charge is 0.220 e. The van der Waals surface area contributed by atoms with Gasteiger partial charge in [0.1, 0.15) is 5.75 Å². The molecule has 1 aromatic rings. The lowest BCUT2D eigenvalue weighted by Gasteiger charge is -2.13. The Morgan fingerprint density at radius 2 is 2.11 bits per heavy atom. The topological polar surface area (TPSA) is 78.8 Å². The van der Waals surface area contributed by atoms with Gasteiger partial charge in [0.2, 0.25) is 5.91 Å². The lowest BCUT2D eigenvalue weighted by Crippen LogP contribution is -2.40. The fourth-order valence-corrected chi connectivity index (χ4v) is 1.85. The fourth-order valence-electron chi connectivity index (χ4n) is 1.57. The number of hydrogen-bond acceptors (Lipinski definition) is 4. The van der Waals surface area contributed by atoms with Crippen LogP contribution in [0.2, 0.25) is 5.02 Å². The Labute approximate surface area is 117 Å². The summed E-state index contributed by atoms with van der Waals surface area (Å²) in [5, 5.41) is 20.7. The van der Waals surface area contributed by atoms with Crippen molar-refractivity contribution in [1.82, 2.24) is 5.32 Å². The molecule has 19 heavy (non-hydrogen) atoms. The summed E-state index contributed by atoms with van der Waals surface area (Å²) < 4.78 is 5.04. The highest BCUT2D eigenvalue weighted by Gasteiger charge is 2.10. The van der Waals surface area contributed by atoms with Crippen molar-refractivity contribution in [3.8, 4) is 5.75 Å². The van der Waals surface area contributed by atoms with Crippen molar-refractivity contribution in [2.24, 2.45) is 0 Å². The molecule has 1 rings (SSSR count). The van der Waals surface area contributed by atoms with Crippen molar-refractivity contribution < 1.29 is 19.7 Å². The van der Waals surface area contributed by atoms with Crippen LogP contribution in [0.15, 0.2) is 18.2 Å². The maximum absolute atomic E-state index is 11.6. The van der Waals surface area contributed by atoms with E-state index in [1.807, 2.05) is 6.07 Å². The molecule has 0 saturated carbocycles. The standard InChI is InChI=1S/C13H18ClNO4/c1-19-12-4-2-9(6-11(12)14)3-5-13(18)15-10(7-16)8-17/h2,4,6,10,16-17H,3,5,7-8H2,1H3,(H,15,18). The maximum Gasteiger partial charge on any atom is 0.220 e. The monoisotopic (exact) mass is 287 g/mol. The molecule has 0 saturated heterocycles. The molecule has 0 aliphatic rings. The predicted octanol–water partition coefficient (Wildman–Crippen LogP) is 0.751. The first-order chi connectivity index (χ1) is 9.10. The summed E-state index contributed by atoms with van der Waals surface area (Å²) in [6.07, 6.45) is 0.790. The molecule has 0 heterocycles. The number of rotatable bonds is 7. The van der Waals surface area contributed by atoms with Gasteiger partial charge in [-0.15, -0.1) is 0 Å². The van der Waals surface area contributed by atoms with E-state index < -0.39 is 6.04 Å². The first-order valence-corrected chi connectivity index (χ1v) is 6.32. The van der Waals surface area contributed by atoms with Crippen LogP contribution in [-0.4, -0.2) is 42.5 Å². The van der Waals surface area contributed by atoms with E-state index in [2.05, 4.69) is 5.32 Å². The largest absolute Gasteiger partial charge is 0.495 e. The quantitative estimate of drug-likeness (QED) is 0.691. The van der Waals surface area contributed by atoms with Gasteiger partial charge in [0.05, 0.1) is 31.4 Å². The molecule has 106 valence electrons. The van der Waals surface area contributed by atoms with Gasteiger partial charge < -0.3 is 20.3 Å². The third-order valence-electron chi connectivity index (χ3n) is 2.66. The summed E-state index contributed by atoms with van der Waals surface area (Å²) in [5.41, 5.74) is 0.922. The lowest BCUT2D eigenvalue weighted by molar-refractivity contribution is -0.122. The van der Waals surface area contributed by atoms with Crippen molar-refractivity contribution in [3.05, 3.63) is 28.8 Å². The van der Waals surface area contributed by atoms with Gasteiger partial charge in [-0.05, 0) is 24.1 Å². The fraction of sp³-hybridized carbons (Fsp3) is 0.462. The second-order valence-corrected chi connectivity index (χ2v) is 4.51. The first-order valence-electron chi connectivity index (χ1n) is 5.94. The maximum atomic E-state index is 11.6. The zero-order valence-electron chi connectivity index (χ0n) is 10.7. The predicted molar refractivity (Wildman–Crippen MR) is 72.4 cm³/mol. The van der Waals surface area contributed by atoms with E-state index in [0.29, 0.717) is 17.2 Å². The average molecular weight is 288 g/mol. The van der Waals surface area contributed by atoms with Gasteiger partial charge in [-0.1, -0.05) is 17.7 Å². The number of carbonyl (C=O) groups is 1. The third-order valence-corrected chi connectivity index (χ3v) is 2.96. The Bertz CT molecular complexity index is 421. The van der Waals surface area contributed by atoms with E-state index in [4.69, 9.17) is 26.6 Å². The number of aryl methyl sites for hydroxylation is 1. The number of methoxy groups -OCH3 is 1. The van der Waals surface area contributed by atoms with Crippen LogP contribution in [0.25, 0.3) is 0 Å². The van der Waals surface area contributed by atoms with E-state index in [-0.39, 0.29) is 25.5 Å². The molecule has 0 unspecified atom stereocenters. The molecule has 5 nitrogen and oxygen atoms in total. The number of carbonyl (C=O) groups excluding carboxylic acids is 1. The minimum absolute atomic E-state index is 0.222. The zero-order chi connectivity index (χ0) is 14.3. The highest BCUT2D eigenvalue weighted by molar-refractivity contribution is 6.32. The summed E-state index contributed by atoms with van der Waals surface area (Å²) in [6, 6.07) is 4.74. The van der Waals surface area contributed by atoms with Crippen LogP contribution in [0.1, 0.15) is 12.0 Å². The summed E-state index contributed by atoms with van der Waals surface area (Å²) >= 11 is 5.98.